The number of alkyl halides is 1. The Labute approximate surface area is 146 Å². The lowest BCUT2D eigenvalue weighted by atomic mass is 10.0. The molecule has 1 aliphatic rings. The highest BCUT2D eigenvalue weighted by molar-refractivity contribution is 6.32. The zero-order valence-electron chi connectivity index (χ0n) is 13.1. The van der Waals surface area contributed by atoms with E-state index in [9.17, 15) is 13.6 Å². The fourth-order valence-electron chi connectivity index (χ4n) is 2.69. The molecular formula is C17H13ClF2N4O. The molecule has 3 aromatic rings. The van der Waals surface area contributed by atoms with Crippen molar-refractivity contribution in [3.05, 3.63) is 47.3 Å². The van der Waals surface area contributed by atoms with Crippen LogP contribution in [0.25, 0.3) is 16.8 Å². The molecule has 5 nitrogen and oxygen atoms in total. The number of amides is 1. The smallest absolute Gasteiger partial charge is 0.231 e. The number of carbonyl (C=O) groups is 1. The molecule has 0 radical (unpaired) electrons. The van der Waals surface area contributed by atoms with Crippen molar-refractivity contribution in [2.45, 2.75) is 19.5 Å². The van der Waals surface area contributed by atoms with Crippen molar-refractivity contribution in [1.29, 1.82) is 0 Å². The standard InChI is InChI=1S/C17H13ClF2N4O/c1-8-11(5-21-6-13(8)20)9-2-3-14-22-16(15(18)24(14)7-9)23-17(25)10-4-12(10)19/h2-3,5-7,10,12H,4H2,1H3,(H,23,25). The van der Waals surface area contributed by atoms with Gasteiger partial charge >= 0.3 is 0 Å². The molecule has 0 aromatic carbocycles. The van der Waals surface area contributed by atoms with E-state index in [0.29, 0.717) is 22.3 Å². The quantitative estimate of drug-likeness (QED) is 0.771. The summed E-state index contributed by atoms with van der Waals surface area (Å²) in [4.78, 5) is 20.0. The van der Waals surface area contributed by atoms with E-state index in [2.05, 4.69) is 15.3 Å². The maximum Gasteiger partial charge on any atom is 0.231 e. The third-order valence-corrected chi connectivity index (χ3v) is 4.68. The van der Waals surface area contributed by atoms with Crippen LogP contribution in [0.3, 0.4) is 0 Å². The first-order valence-electron chi connectivity index (χ1n) is 7.68. The number of anilines is 1. The number of hydrogen-bond acceptors (Lipinski definition) is 3. The average molecular weight is 363 g/mol. The van der Waals surface area contributed by atoms with Crippen LogP contribution in [0.4, 0.5) is 14.6 Å². The van der Waals surface area contributed by atoms with Gasteiger partial charge in [-0.3, -0.25) is 14.2 Å². The van der Waals surface area contributed by atoms with Gasteiger partial charge in [0.2, 0.25) is 5.91 Å². The minimum absolute atomic E-state index is 0.178. The molecule has 1 saturated carbocycles. The van der Waals surface area contributed by atoms with Crippen LogP contribution in [0.2, 0.25) is 5.15 Å². The van der Waals surface area contributed by atoms with Gasteiger partial charge in [-0.15, -0.1) is 0 Å². The molecule has 0 aliphatic heterocycles. The Kier molecular flexibility index (Phi) is 3.68. The summed E-state index contributed by atoms with van der Waals surface area (Å²) >= 11 is 6.30. The predicted octanol–water partition coefficient (Wildman–Crippen LogP) is 3.79. The van der Waals surface area contributed by atoms with E-state index in [-0.39, 0.29) is 17.4 Å². The lowest BCUT2D eigenvalue weighted by Gasteiger charge is -2.07. The summed E-state index contributed by atoms with van der Waals surface area (Å²) in [5.74, 6) is -1.27. The number of halogens is 3. The van der Waals surface area contributed by atoms with Gasteiger partial charge in [-0.2, -0.15) is 0 Å². The second-order valence-corrected chi connectivity index (χ2v) is 6.40. The summed E-state index contributed by atoms with van der Waals surface area (Å²) in [5.41, 5.74) is 2.33. The number of hydrogen-bond donors (Lipinski definition) is 1. The number of fused-ring (bicyclic) bond motifs is 1. The van der Waals surface area contributed by atoms with Gasteiger partial charge in [0.15, 0.2) is 11.0 Å². The van der Waals surface area contributed by atoms with Crippen molar-refractivity contribution in [1.82, 2.24) is 14.4 Å². The molecule has 1 aliphatic carbocycles. The van der Waals surface area contributed by atoms with Gasteiger partial charge in [-0.25, -0.2) is 13.8 Å². The van der Waals surface area contributed by atoms with Gasteiger partial charge < -0.3 is 5.32 Å². The number of nitrogens with one attached hydrogen (secondary N) is 1. The number of rotatable bonds is 3. The van der Waals surface area contributed by atoms with Crippen molar-refractivity contribution < 1.29 is 13.6 Å². The highest BCUT2D eigenvalue weighted by atomic mass is 35.5. The van der Waals surface area contributed by atoms with Crippen LogP contribution in [-0.2, 0) is 4.79 Å². The van der Waals surface area contributed by atoms with E-state index in [1.54, 1.807) is 35.9 Å². The minimum Gasteiger partial charge on any atom is -0.308 e. The Morgan fingerprint density at radius 1 is 1.40 bits per heavy atom. The van der Waals surface area contributed by atoms with E-state index in [4.69, 9.17) is 11.6 Å². The number of aromatic nitrogens is 3. The molecule has 4 rings (SSSR count). The largest absolute Gasteiger partial charge is 0.308 e. The molecule has 3 heterocycles. The highest BCUT2D eigenvalue weighted by Gasteiger charge is 2.44. The van der Waals surface area contributed by atoms with E-state index in [1.165, 1.54) is 0 Å². The SMILES string of the molecule is Cc1c(F)cncc1-c1ccc2nc(NC(=O)C3CC3F)c(Cl)n2c1. The molecular weight excluding hydrogens is 350 g/mol. The predicted molar refractivity (Wildman–Crippen MR) is 89.8 cm³/mol. The molecule has 8 heteroatoms. The lowest BCUT2D eigenvalue weighted by molar-refractivity contribution is -0.117. The van der Waals surface area contributed by atoms with E-state index < -0.39 is 23.8 Å². The Bertz CT molecular complexity index is 1000. The molecule has 1 amide bonds. The van der Waals surface area contributed by atoms with Gasteiger partial charge in [-0.1, -0.05) is 11.6 Å². The molecule has 128 valence electrons. The van der Waals surface area contributed by atoms with Crippen LogP contribution >= 0.6 is 11.6 Å². The van der Waals surface area contributed by atoms with Crippen molar-refractivity contribution in [3.63, 3.8) is 0 Å². The summed E-state index contributed by atoms with van der Waals surface area (Å²) in [5, 5.41) is 2.75. The second kappa shape index (κ2) is 5.77. The third-order valence-electron chi connectivity index (χ3n) is 4.32. The highest BCUT2D eigenvalue weighted by Crippen LogP contribution is 2.35. The van der Waals surface area contributed by atoms with Gasteiger partial charge in [0, 0.05) is 23.5 Å². The van der Waals surface area contributed by atoms with Crippen LogP contribution in [0, 0.1) is 18.7 Å². The number of pyridine rings is 2. The molecule has 2 atom stereocenters. The average Bonchev–Trinajstić information content (AvgIpc) is 3.25. The minimum atomic E-state index is -1.09. The first-order chi connectivity index (χ1) is 12.0. The molecule has 0 spiro atoms. The van der Waals surface area contributed by atoms with Crippen LogP contribution in [0.15, 0.2) is 30.7 Å². The summed E-state index contributed by atoms with van der Waals surface area (Å²) in [7, 11) is 0. The van der Waals surface area contributed by atoms with Gasteiger partial charge in [-0.05, 0) is 31.0 Å². The van der Waals surface area contributed by atoms with Crippen LogP contribution in [0.1, 0.15) is 12.0 Å². The molecule has 3 aromatic heterocycles. The third kappa shape index (κ3) is 2.74. The van der Waals surface area contributed by atoms with Gasteiger partial charge in [0.1, 0.15) is 17.6 Å². The Morgan fingerprint density at radius 3 is 2.88 bits per heavy atom. The van der Waals surface area contributed by atoms with Crippen LogP contribution in [-0.4, -0.2) is 26.4 Å². The van der Waals surface area contributed by atoms with Crippen molar-refractivity contribution in [2.24, 2.45) is 5.92 Å². The number of carbonyl (C=O) groups excluding carboxylic acids is 1. The molecule has 2 unspecified atom stereocenters. The zero-order valence-corrected chi connectivity index (χ0v) is 13.9. The maximum atomic E-state index is 13.7. The van der Waals surface area contributed by atoms with Gasteiger partial charge in [0.05, 0.1) is 12.1 Å². The topological polar surface area (TPSA) is 59.3 Å². The van der Waals surface area contributed by atoms with E-state index >= 15 is 0 Å². The Hall–Kier alpha value is -2.54. The summed E-state index contributed by atoms with van der Waals surface area (Å²) in [6.07, 6.45) is 3.56. The fraction of sp³-hybridized carbons (Fsp3) is 0.235. The summed E-state index contributed by atoms with van der Waals surface area (Å²) < 4.78 is 28.3. The molecule has 0 bridgehead atoms. The van der Waals surface area contributed by atoms with E-state index in [0.717, 1.165) is 6.20 Å². The lowest BCUT2D eigenvalue weighted by Crippen LogP contribution is -2.15. The number of imidazole rings is 1. The van der Waals surface area contributed by atoms with E-state index in [1.807, 2.05) is 0 Å². The van der Waals surface area contributed by atoms with Crippen molar-refractivity contribution in [3.8, 4) is 11.1 Å². The molecule has 1 N–H and O–H groups in total. The summed E-state index contributed by atoms with van der Waals surface area (Å²) in [6, 6.07) is 3.47. The van der Waals surface area contributed by atoms with Gasteiger partial charge in [0.25, 0.3) is 0 Å². The molecule has 1 fully saturated rings. The first-order valence-corrected chi connectivity index (χ1v) is 8.06. The maximum absolute atomic E-state index is 13.7. The van der Waals surface area contributed by atoms with Crippen molar-refractivity contribution in [2.75, 3.05) is 5.32 Å². The normalized spacial score (nSPS) is 19.2. The Balaban J connectivity index is 1.72. The number of nitrogens with zero attached hydrogens (tertiary/aromatic N) is 3. The van der Waals surface area contributed by atoms with Crippen molar-refractivity contribution >= 4 is 29.0 Å². The summed E-state index contributed by atoms with van der Waals surface area (Å²) in [6.45, 7) is 1.67. The Morgan fingerprint density at radius 2 is 2.16 bits per heavy atom. The molecule has 0 saturated heterocycles. The first kappa shape index (κ1) is 16.0. The fourth-order valence-corrected chi connectivity index (χ4v) is 2.92. The molecule has 25 heavy (non-hydrogen) atoms. The van der Waals surface area contributed by atoms with Crippen LogP contribution < -0.4 is 5.32 Å². The zero-order chi connectivity index (χ0) is 17.7. The second-order valence-electron chi connectivity index (χ2n) is 6.04. The van der Waals surface area contributed by atoms with Crippen LogP contribution in [0.5, 0.6) is 0 Å². The monoisotopic (exact) mass is 362 g/mol.